The van der Waals surface area contributed by atoms with Gasteiger partial charge >= 0.3 is 0 Å². The summed E-state index contributed by atoms with van der Waals surface area (Å²) in [4.78, 5) is 2.42. The third kappa shape index (κ3) is 1.67. The quantitative estimate of drug-likeness (QED) is 0.630. The first-order valence-corrected chi connectivity index (χ1v) is 5.68. The predicted molar refractivity (Wildman–Crippen MR) is 58.7 cm³/mol. The summed E-state index contributed by atoms with van der Waals surface area (Å²) >= 11 is 0. The van der Waals surface area contributed by atoms with Crippen LogP contribution in [0.15, 0.2) is 0 Å². The average molecular weight is 192 g/mol. The van der Waals surface area contributed by atoms with Crippen LogP contribution in [-0.2, 0) is 0 Å². The maximum absolute atomic E-state index is 6.15. The third-order valence-corrected chi connectivity index (χ3v) is 3.97. The van der Waals surface area contributed by atoms with Gasteiger partial charge in [0.1, 0.15) is 0 Å². The summed E-state index contributed by atoms with van der Waals surface area (Å²) in [6.45, 7) is 4.41. The lowest BCUT2D eigenvalue weighted by Crippen LogP contribution is -2.38. The number of nitrogens with zero attached hydrogens (tertiary/aromatic N) is 1. The first-order valence-electron chi connectivity index (χ1n) is 5.68. The number of terminal acetylenes is 1. The Balaban J connectivity index is 2.01. The summed E-state index contributed by atoms with van der Waals surface area (Å²) in [6.07, 6.45) is 9.32. The highest BCUT2D eigenvalue weighted by atomic mass is 15.2. The van der Waals surface area contributed by atoms with Crippen molar-refractivity contribution in [2.24, 2.45) is 17.6 Å². The fourth-order valence-corrected chi connectivity index (χ4v) is 2.97. The van der Waals surface area contributed by atoms with Crippen LogP contribution in [0.1, 0.15) is 26.2 Å². The van der Waals surface area contributed by atoms with E-state index in [9.17, 15) is 0 Å². The molecule has 2 fully saturated rings. The van der Waals surface area contributed by atoms with Crippen molar-refractivity contribution in [3.8, 4) is 12.3 Å². The van der Waals surface area contributed by atoms with Gasteiger partial charge in [-0.15, -0.1) is 6.42 Å². The summed E-state index contributed by atoms with van der Waals surface area (Å²) in [5, 5.41) is 0. The van der Waals surface area contributed by atoms with E-state index in [1.807, 2.05) is 0 Å². The Labute approximate surface area is 86.8 Å². The van der Waals surface area contributed by atoms with Crippen LogP contribution in [0.4, 0.5) is 0 Å². The SMILES string of the molecule is C#CC(C)N1CC2CCCC(N)C2C1. The van der Waals surface area contributed by atoms with E-state index in [2.05, 4.69) is 17.7 Å². The fourth-order valence-electron chi connectivity index (χ4n) is 2.97. The van der Waals surface area contributed by atoms with Crippen molar-refractivity contribution in [2.45, 2.75) is 38.3 Å². The molecule has 0 radical (unpaired) electrons. The molecule has 4 unspecified atom stereocenters. The molecule has 0 aromatic carbocycles. The maximum Gasteiger partial charge on any atom is 0.0683 e. The minimum atomic E-state index is 0.285. The van der Waals surface area contributed by atoms with Crippen molar-refractivity contribution >= 4 is 0 Å². The Bertz CT molecular complexity index is 243. The molecule has 1 aliphatic carbocycles. The summed E-state index contributed by atoms with van der Waals surface area (Å²) in [5.74, 6) is 4.34. The number of rotatable bonds is 1. The Hall–Kier alpha value is -0.520. The molecule has 78 valence electrons. The van der Waals surface area contributed by atoms with E-state index < -0.39 is 0 Å². The number of fused-ring (bicyclic) bond motifs is 1. The van der Waals surface area contributed by atoms with Crippen molar-refractivity contribution in [3.63, 3.8) is 0 Å². The number of likely N-dealkylation sites (tertiary alicyclic amines) is 1. The highest BCUT2D eigenvalue weighted by Gasteiger charge is 2.39. The Morgan fingerprint density at radius 1 is 1.43 bits per heavy atom. The summed E-state index contributed by atoms with van der Waals surface area (Å²) < 4.78 is 0. The zero-order valence-electron chi connectivity index (χ0n) is 8.95. The topological polar surface area (TPSA) is 29.3 Å². The molecule has 14 heavy (non-hydrogen) atoms. The summed E-state index contributed by atoms with van der Waals surface area (Å²) in [6, 6.07) is 0.705. The van der Waals surface area contributed by atoms with Gasteiger partial charge in [0.2, 0.25) is 0 Å². The molecule has 0 aromatic heterocycles. The molecule has 1 heterocycles. The highest BCUT2D eigenvalue weighted by Crippen LogP contribution is 2.36. The normalized spacial score (nSPS) is 40.2. The monoisotopic (exact) mass is 192 g/mol. The van der Waals surface area contributed by atoms with Crippen LogP contribution >= 0.6 is 0 Å². The standard InChI is InChI=1S/C12H20N2/c1-3-9(2)14-7-10-5-4-6-12(13)11(10)8-14/h1,9-12H,4-8,13H2,2H3. The van der Waals surface area contributed by atoms with Crippen LogP contribution in [0, 0.1) is 24.2 Å². The number of hydrogen-bond donors (Lipinski definition) is 1. The molecule has 0 spiro atoms. The van der Waals surface area contributed by atoms with E-state index in [0.717, 1.165) is 12.5 Å². The molecule has 1 aliphatic heterocycles. The minimum Gasteiger partial charge on any atom is -0.327 e. The van der Waals surface area contributed by atoms with Gasteiger partial charge in [0, 0.05) is 19.1 Å². The third-order valence-electron chi connectivity index (χ3n) is 3.97. The molecule has 0 aromatic rings. The lowest BCUT2D eigenvalue weighted by Gasteiger charge is -2.29. The zero-order valence-corrected chi connectivity index (χ0v) is 8.95. The molecule has 2 rings (SSSR count). The summed E-state index contributed by atoms with van der Waals surface area (Å²) in [5.41, 5.74) is 6.15. The van der Waals surface area contributed by atoms with Crippen LogP contribution in [0.3, 0.4) is 0 Å². The first kappa shape index (κ1) is 10.0. The van der Waals surface area contributed by atoms with Crippen molar-refractivity contribution in [1.82, 2.24) is 4.90 Å². The van der Waals surface area contributed by atoms with Gasteiger partial charge in [0.25, 0.3) is 0 Å². The van der Waals surface area contributed by atoms with E-state index in [1.54, 1.807) is 0 Å². The average Bonchev–Trinajstić information content (AvgIpc) is 2.62. The molecular weight excluding hydrogens is 172 g/mol. The van der Waals surface area contributed by atoms with Crippen LogP contribution in [-0.4, -0.2) is 30.1 Å². The van der Waals surface area contributed by atoms with Crippen molar-refractivity contribution in [1.29, 1.82) is 0 Å². The Morgan fingerprint density at radius 2 is 2.21 bits per heavy atom. The number of nitrogens with two attached hydrogens (primary N) is 1. The van der Waals surface area contributed by atoms with E-state index in [4.69, 9.17) is 12.2 Å². The van der Waals surface area contributed by atoms with Gasteiger partial charge in [-0.25, -0.2) is 0 Å². The van der Waals surface area contributed by atoms with Crippen molar-refractivity contribution in [3.05, 3.63) is 0 Å². The van der Waals surface area contributed by atoms with E-state index in [0.29, 0.717) is 12.0 Å². The second kappa shape index (κ2) is 3.92. The van der Waals surface area contributed by atoms with Crippen LogP contribution < -0.4 is 5.73 Å². The van der Waals surface area contributed by atoms with Gasteiger partial charge in [-0.1, -0.05) is 12.3 Å². The van der Waals surface area contributed by atoms with Gasteiger partial charge in [0.15, 0.2) is 0 Å². The van der Waals surface area contributed by atoms with Crippen LogP contribution in [0.5, 0.6) is 0 Å². The Kier molecular flexibility index (Phi) is 2.80. The second-order valence-electron chi connectivity index (χ2n) is 4.82. The van der Waals surface area contributed by atoms with Gasteiger partial charge in [0.05, 0.1) is 6.04 Å². The molecule has 0 bridgehead atoms. The molecular formula is C12H20N2. The molecule has 0 amide bonds. The molecule has 4 atom stereocenters. The van der Waals surface area contributed by atoms with Crippen molar-refractivity contribution in [2.75, 3.05) is 13.1 Å². The predicted octanol–water partition coefficient (Wildman–Crippen LogP) is 1.07. The largest absolute Gasteiger partial charge is 0.327 e. The molecule has 2 nitrogen and oxygen atoms in total. The van der Waals surface area contributed by atoms with E-state index in [1.165, 1.54) is 25.8 Å². The summed E-state index contributed by atoms with van der Waals surface area (Å²) in [7, 11) is 0. The van der Waals surface area contributed by atoms with Gasteiger partial charge in [-0.3, -0.25) is 4.90 Å². The van der Waals surface area contributed by atoms with Crippen molar-refractivity contribution < 1.29 is 0 Å². The molecule has 1 saturated heterocycles. The van der Waals surface area contributed by atoms with E-state index >= 15 is 0 Å². The zero-order chi connectivity index (χ0) is 10.1. The molecule has 1 saturated carbocycles. The lowest BCUT2D eigenvalue weighted by atomic mass is 9.78. The second-order valence-corrected chi connectivity index (χ2v) is 4.82. The fraction of sp³-hybridized carbons (Fsp3) is 0.833. The number of hydrogen-bond acceptors (Lipinski definition) is 2. The van der Waals surface area contributed by atoms with Crippen LogP contribution in [0.25, 0.3) is 0 Å². The maximum atomic E-state index is 6.15. The smallest absolute Gasteiger partial charge is 0.0683 e. The van der Waals surface area contributed by atoms with Gasteiger partial charge in [-0.2, -0.15) is 0 Å². The first-order chi connectivity index (χ1) is 6.72. The molecule has 2 heteroatoms. The van der Waals surface area contributed by atoms with Gasteiger partial charge < -0.3 is 5.73 Å². The lowest BCUT2D eigenvalue weighted by molar-refractivity contribution is 0.258. The van der Waals surface area contributed by atoms with Crippen LogP contribution in [0.2, 0.25) is 0 Å². The minimum absolute atomic E-state index is 0.285. The van der Waals surface area contributed by atoms with E-state index in [-0.39, 0.29) is 6.04 Å². The highest BCUT2D eigenvalue weighted by molar-refractivity contribution is 5.02. The van der Waals surface area contributed by atoms with Gasteiger partial charge in [-0.05, 0) is 31.6 Å². The molecule has 2 aliphatic rings. The Morgan fingerprint density at radius 3 is 2.86 bits per heavy atom. The molecule has 2 N–H and O–H groups in total.